The molecule has 0 aliphatic rings. The van der Waals surface area contributed by atoms with Crippen LogP contribution in [0, 0.1) is 13.8 Å². The third kappa shape index (κ3) is 3.31. The van der Waals surface area contributed by atoms with Crippen molar-refractivity contribution in [3.8, 4) is 0 Å². The summed E-state index contributed by atoms with van der Waals surface area (Å²) in [5.74, 6) is -0.00114. The summed E-state index contributed by atoms with van der Waals surface area (Å²) in [5, 5.41) is 0. The molecule has 0 amide bonds. The summed E-state index contributed by atoms with van der Waals surface area (Å²) < 4.78 is 21.5. The lowest BCUT2D eigenvalue weighted by Gasteiger charge is -2.06. The lowest BCUT2D eigenvalue weighted by Crippen LogP contribution is -2.03. The quantitative estimate of drug-likeness (QED) is 0.751. The van der Waals surface area contributed by atoms with Gasteiger partial charge in [0.2, 0.25) is 9.05 Å². The minimum Gasteiger partial charge on any atom is -0.212 e. The molecule has 0 spiro atoms. The molecule has 1 aromatic carbocycles. The maximum absolute atomic E-state index is 10.8. The minimum absolute atomic E-state index is 0.00114. The van der Waals surface area contributed by atoms with Crippen molar-refractivity contribution < 1.29 is 8.42 Å². The summed E-state index contributed by atoms with van der Waals surface area (Å²) in [6, 6.07) is 5.87. The van der Waals surface area contributed by atoms with Crippen LogP contribution in [0.2, 0.25) is 0 Å². The molecule has 0 aliphatic heterocycles. The van der Waals surface area contributed by atoms with Gasteiger partial charge in [-0.15, -0.1) is 0 Å². The van der Waals surface area contributed by atoms with Crippen LogP contribution in [0.4, 0.5) is 0 Å². The van der Waals surface area contributed by atoms with Crippen molar-refractivity contribution in [2.24, 2.45) is 0 Å². The van der Waals surface area contributed by atoms with Gasteiger partial charge in [-0.3, -0.25) is 0 Å². The Bertz CT molecular complexity index is 424. The van der Waals surface area contributed by atoms with Crippen LogP contribution in [-0.2, 0) is 15.5 Å². The number of hydrogen-bond donors (Lipinski definition) is 0. The van der Waals surface area contributed by atoms with Gasteiger partial charge in [0, 0.05) is 10.7 Å². The second-order valence-corrected chi connectivity index (χ2v) is 6.25. The Labute approximate surface area is 89.3 Å². The van der Waals surface area contributed by atoms with Gasteiger partial charge in [0.05, 0.1) is 5.75 Å². The highest BCUT2D eigenvalue weighted by Gasteiger charge is 2.07. The zero-order valence-electron chi connectivity index (χ0n) is 8.25. The molecule has 4 heteroatoms. The Morgan fingerprint density at radius 1 is 1.29 bits per heavy atom. The normalized spacial score (nSPS) is 11.6. The fourth-order valence-corrected chi connectivity index (χ4v) is 2.01. The topological polar surface area (TPSA) is 34.1 Å². The molecule has 0 fully saturated rings. The first-order valence-electron chi connectivity index (χ1n) is 4.37. The zero-order valence-corrected chi connectivity index (χ0v) is 9.82. The third-order valence-corrected chi connectivity index (χ3v) is 3.49. The number of aryl methyl sites for hydroxylation is 2. The molecule has 14 heavy (non-hydrogen) atoms. The summed E-state index contributed by atoms with van der Waals surface area (Å²) in [7, 11) is 1.77. The molecule has 78 valence electrons. The number of hydrogen-bond acceptors (Lipinski definition) is 2. The molecule has 0 atom stereocenters. The van der Waals surface area contributed by atoms with Crippen molar-refractivity contribution in [3.63, 3.8) is 0 Å². The molecule has 0 aliphatic carbocycles. The van der Waals surface area contributed by atoms with E-state index in [2.05, 4.69) is 0 Å². The van der Waals surface area contributed by atoms with E-state index < -0.39 is 9.05 Å². The summed E-state index contributed by atoms with van der Waals surface area (Å²) in [5.41, 5.74) is 3.37. The highest BCUT2D eigenvalue weighted by molar-refractivity contribution is 8.13. The van der Waals surface area contributed by atoms with Gasteiger partial charge < -0.3 is 0 Å². The average Bonchev–Trinajstić information content (AvgIpc) is 2.06. The van der Waals surface area contributed by atoms with Crippen molar-refractivity contribution in [2.45, 2.75) is 20.3 Å². The highest BCUT2D eigenvalue weighted by atomic mass is 35.7. The van der Waals surface area contributed by atoms with E-state index in [9.17, 15) is 8.42 Å². The van der Waals surface area contributed by atoms with E-state index in [1.54, 1.807) is 0 Å². The monoisotopic (exact) mass is 232 g/mol. The van der Waals surface area contributed by atoms with E-state index in [0.717, 1.165) is 11.1 Å². The van der Waals surface area contributed by atoms with Crippen molar-refractivity contribution >= 4 is 19.7 Å². The third-order valence-electron chi connectivity index (χ3n) is 2.33. The van der Waals surface area contributed by atoms with E-state index >= 15 is 0 Å². The van der Waals surface area contributed by atoms with Gasteiger partial charge in [-0.25, -0.2) is 8.42 Å². The SMILES string of the molecule is Cc1cccc(CCS(=O)(=O)Cl)c1C. The molecule has 1 rings (SSSR count). The largest absolute Gasteiger partial charge is 0.232 e. The lowest BCUT2D eigenvalue weighted by molar-refractivity contribution is 0.609. The Morgan fingerprint density at radius 2 is 1.93 bits per heavy atom. The van der Waals surface area contributed by atoms with E-state index in [0.29, 0.717) is 6.42 Å². The first-order chi connectivity index (χ1) is 6.40. The molecule has 0 bridgehead atoms. The van der Waals surface area contributed by atoms with Crippen LogP contribution in [0.25, 0.3) is 0 Å². The van der Waals surface area contributed by atoms with E-state index in [1.165, 1.54) is 5.56 Å². The van der Waals surface area contributed by atoms with Crippen molar-refractivity contribution in [2.75, 3.05) is 5.75 Å². The second kappa shape index (κ2) is 4.32. The van der Waals surface area contributed by atoms with Crippen molar-refractivity contribution in [1.82, 2.24) is 0 Å². The van der Waals surface area contributed by atoms with Crippen molar-refractivity contribution in [1.29, 1.82) is 0 Å². The van der Waals surface area contributed by atoms with Gasteiger partial charge in [-0.05, 0) is 37.0 Å². The predicted octanol–water partition coefficient (Wildman–Crippen LogP) is 2.41. The summed E-state index contributed by atoms with van der Waals surface area (Å²) >= 11 is 0. The van der Waals surface area contributed by atoms with Gasteiger partial charge in [0.25, 0.3) is 0 Å². The molecule has 0 aromatic heterocycles. The predicted molar refractivity (Wildman–Crippen MR) is 59.3 cm³/mol. The maximum Gasteiger partial charge on any atom is 0.232 e. The van der Waals surface area contributed by atoms with E-state index in [4.69, 9.17) is 10.7 Å². The molecule has 2 nitrogen and oxygen atoms in total. The van der Waals surface area contributed by atoms with Gasteiger partial charge in [-0.1, -0.05) is 18.2 Å². The molecule has 0 heterocycles. The molecule has 0 N–H and O–H groups in total. The first-order valence-corrected chi connectivity index (χ1v) is 6.85. The molecule has 1 aromatic rings. The van der Waals surface area contributed by atoms with Gasteiger partial charge in [0.15, 0.2) is 0 Å². The summed E-state index contributed by atoms with van der Waals surface area (Å²) in [6.07, 6.45) is 0.485. The zero-order chi connectivity index (χ0) is 10.8. The Hall–Kier alpha value is -0.540. The molecule has 0 saturated heterocycles. The van der Waals surface area contributed by atoms with Gasteiger partial charge in [-0.2, -0.15) is 0 Å². The molecule has 0 unspecified atom stereocenters. The Balaban J connectivity index is 2.83. The maximum atomic E-state index is 10.8. The van der Waals surface area contributed by atoms with Crippen LogP contribution in [-0.4, -0.2) is 14.2 Å². The second-order valence-electron chi connectivity index (χ2n) is 3.35. The van der Waals surface area contributed by atoms with Crippen molar-refractivity contribution in [3.05, 3.63) is 34.9 Å². The smallest absolute Gasteiger partial charge is 0.212 e. The molecular formula is C10H13ClO2S. The van der Waals surface area contributed by atoms with Crippen LogP contribution in [0.5, 0.6) is 0 Å². The van der Waals surface area contributed by atoms with E-state index in [-0.39, 0.29) is 5.75 Å². The van der Waals surface area contributed by atoms with Crippen LogP contribution in [0.1, 0.15) is 16.7 Å². The fourth-order valence-electron chi connectivity index (χ4n) is 1.31. The Kier molecular flexibility index (Phi) is 3.56. The van der Waals surface area contributed by atoms with Gasteiger partial charge in [0.1, 0.15) is 0 Å². The van der Waals surface area contributed by atoms with Crippen LogP contribution in [0.3, 0.4) is 0 Å². The number of halogens is 1. The van der Waals surface area contributed by atoms with Crippen LogP contribution in [0.15, 0.2) is 18.2 Å². The minimum atomic E-state index is -3.38. The first kappa shape index (κ1) is 11.5. The average molecular weight is 233 g/mol. The standard InChI is InChI=1S/C10H13ClO2S/c1-8-4-3-5-10(9(8)2)6-7-14(11,12)13/h3-5H,6-7H2,1-2H3. The number of benzene rings is 1. The Morgan fingerprint density at radius 3 is 2.50 bits per heavy atom. The van der Waals surface area contributed by atoms with Gasteiger partial charge >= 0.3 is 0 Å². The van der Waals surface area contributed by atoms with Crippen LogP contribution < -0.4 is 0 Å². The highest BCUT2D eigenvalue weighted by Crippen LogP contribution is 2.14. The number of rotatable bonds is 3. The lowest BCUT2D eigenvalue weighted by atomic mass is 10.0. The molecule has 0 saturated carbocycles. The fraction of sp³-hybridized carbons (Fsp3) is 0.400. The molecular weight excluding hydrogens is 220 g/mol. The summed E-state index contributed by atoms with van der Waals surface area (Å²) in [6.45, 7) is 4.00. The summed E-state index contributed by atoms with van der Waals surface area (Å²) in [4.78, 5) is 0. The molecule has 0 radical (unpaired) electrons. The van der Waals surface area contributed by atoms with E-state index in [1.807, 2.05) is 32.0 Å². The van der Waals surface area contributed by atoms with Crippen LogP contribution >= 0.6 is 10.7 Å².